The largest absolute Gasteiger partial charge is 0.272 e. The van der Waals surface area contributed by atoms with Crippen molar-refractivity contribution in [2.75, 3.05) is 0 Å². The number of nitrogens with zero attached hydrogens (tertiary/aromatic N) is 2. The van der Waals surface area contributed by atoms with Crippen LogP contribution in [0.25, 0.3) is 12.2 Å². The molecular formula is C24H26N4O2S. The first-order chi connectivity index (χ1) is 15.1. The Morgan fingerprint density at radius 3 is 1.52 bits per heavy atom. The second-order valence-electron chi connectivity index (χ2n) is 6.47. The maximum Gasteiger partial charge on any atom is 0.252 e. The molecule has 0 aliphatic rings. The predicted molar refractivity (Wildman–Crippen MR) is 131 cm³/mol. The standard InChI is InChI=1S/C24H26N4O2S/c1-19(23(29)27-25-17-9-15-21-11-5-3-6-12-21)31-20(2)24(30)28-26-18-10-16-22-13-7-4-8-14-22/h3-20H,1-2H3,(H,27,29)(H,28,30)/b15-9-,16-10-,25-17-,26-18+/t19-,20-/m0/s1. The van der Waals surface area contributed by atoms with Crippen molar-refractivity contribution < 1.29 is 9.59 Å². The molecule has 2 amide bonds. The third-order valence-corrected chi connectivity index (χ3v) is 5.24. The van der Waals surface area contributed by atoms with E-state index < -0.39 is 10.5 Å². The van der Waals surface area contributed by atoms with Crippen LogP contribution in [0.1, 0.15) is 25.0 Å². The molecule has 0 bridgehead atoms. The van der Waals surface area contributed by atoms with Gasteiger partial charge in [0, 0.05) is 12.4 Å². The van der Waals surface area contributed by atoms with E-state index in [-0.39, 0.29) is 11.8 Å². The van der Waals surface area contributed by atoms with Crippen LogP contribution >= 0.6 is 11.8 Å². The van der Waals surface area contributed by atoms with Crippen molar-refractivity contribution in [2.24, 2.45) is 10.2 Å². The molecule has 160 valence electrons. The van der Waals surface area contributed by atoms with Crippen LogP contribution in [0.3, 0.4) is 0 Å². The summed E-state index contributed by atoms with van der Waals surface area (Å²) in [5.41, 5.74) is 7.04. The number of hydrazone groups is 2. The van der Waals surface area contributed by atoms with Crippen molar-refractivity contribution in [3.8, 4) is 0 Å². The van der Waals surface area contributed by atoms with Crippen molar-refractivity contribution in [2.45, 2.75) is 24.3 Å². The number of allylic oxidation sites excluding steroid dienone is 2. The fourth-order valence-corrected chi connectivity index (χ4v) is 3.30. The first-order valence-corrected chi connectivity index (χ1v) is 10.8. The molecule has 6 nitrogen and oxygen atoms in total. The average Bonchev–Trinajstić information content (AvgIpc) is 2.79. The van der Waals surface area contributed by atoms with Gasteiger partial charge in [0.1, 0.15) is 0 Å². The van der Waals surface area contributed by atoms with Gasteiger partial charge in [-0.3, -0.25) is 9.59 Å². The summed E-state index contributed by atoms with van der Waals surface area (Å²) in [6, 6.07) is 19.6. The van der Waals surface area contributed by atoms with Gasteiger partial charge in [-0.05, 0) is 37.1 Å². The van der Waals surface area contributed by atoms with Gasteiger partial charge in [0.25, 0.3) is 11.8 Å². The second kappa shape index (κ2) is 13.7. The first kappa shape index (κ1) is 23.8. The molecule has 7 heteroatoms. The van der Waals surface area contributed by atoms with Crippen LogP contribution in [0.2, 0.25) is 0 Å². The van der Waals surface area contributed by atoms with Gasteiger partial charge >= 0.3 is 0 Å². The van der Waals surface area contributed by atoms with E-state index in [0.29, 0.717) is 0 Å². The lowest BCUT2D eigenvalue weighted by Crippen LogP contribution is -2.33. The summed E-state index contributed by atoms with van der Waals surface area (Å²) < 4.78 is 0. The number of carbonyl (C=O) groups is 2. The van der Waals surface area contributed by atoms with E-state index in [0.717, 1.165) is 11.1 Å². The van der Waals surface area contributed by atoms with Crippen molar-refractivity contribution >= 4 is 48.2 Å². The molecule has 2 N–H and O–H groups in total. The monoisotopic (exact) mass is 434 g/mol. The second-order valence-corrected chi connectivity index (χ2v) is 8.15. The Labute approximate surface area is 187 Å². The Kier molecular flexibility index (Phi) is 10.5. The number of hydrogen-bond acceptors (Lipinski definition) is 5. The number of hydrogen-bond donors (Lipinski definition) is 2. The van der Waals surface area contributed by atoms with Crippen molar-refractivity contribution in [1.82, 2.24) is 10.9 Å². The topological polar surface area (TPSA) is 82.9 Å². The van der Waals surface area contributed by atoms with Crippen LogP contribution in [0.15, 0.2) is 83.0 Å². The minimum absolute atomic E-state index is 0.275. The van der Waals surface area contributed by atoms with Gasteiger partial charge in [0.15, 0.2) is 0 Å². The Morgan fingerprint density at radius 2 is 1.13 bits per heavy atom. The Bertz CT molecular complexity index is 863. The zero-order valence-electron chi connectivity index (χ0n) is 17.5. The summed E-state index contributed by atoms with van der Waals surface area (Å²) in [7, 11) is 0. The molecule has 0 aliphatic carbocycles. The SMILES string of the molecule is C[C@H](S[C@@H](C)C(=O)N/N=C/C=C\c1ccccc1)C(=O)N/N=C\C=C/c1ccccc1. The van der Waals surface area contributed by atoms with Crippen molar-refractivity contribution in [1.29, 1.82) is 0 Å². The van der Waals surface area contributed by atoms with E-state index in [9.17, 15) is 9.59 Å². The van der Waals surface area contributed by atoms with Crippen LogP contribution < -0.4 is 10.9 Å². The molecule has 0 unspecified atom stereocenters. The average molecular weight is 435 g/mol. The molecule has 0 aromatic heterocycles. The number of amides is 2. The molecule has 2 aromatic rings. The molecule has 31 heavy (non-hydrogen) atoms. The van der Waals surface area contributed by atoms with Gasteiger partial charge in [-0.25, -0.2) is 10.9 Å². The van der Waals surface area contributed by atoms with Gasteiger partial charge in [0.2, 0.25) is 0 Å². The zero-order valence-corrected chi connectivity index (χ0v) is 18.3. The van der Waals surface area contributed by atoms with Crippen LogP contribution in [0.4, 0.5) is 0 Å². The smallest absolute Gasteiger partial charge is 0.252 e. The molecule has 0 fully saturated rings. The van der Waals surface area contributed by atoms with E-state index >= 15 is 0 Å². The molecule has 0 saturated heterocycles. The van der Waals surface area contributed by atoms with Gasteiger partial charge in [-0.15, -0.1) is 11.8 Å². The summed E-state index contributed by atoms with van der Waals surface area (Å²) in [5.74, 6) is -0.549. The van der Waals surface area contributed by atoms with Crippen LogP contribution in [0, 0.1) is 0 Å². The first-order valence-electron chi connectivity index (χ1n) is 9.81. The number of benzene rings is 2. The highest BCUT2D eigenvalue weighted by Gasteiger charge is 2.21. The summed E-state index contributed by atoms with van der Waals surface area (Å²) in [4.78, 5) is 24.3. The van der Waals surface area contributed by atoms with Gasteiger partial charge in [0.05, 0.1) is 10.5 Å². The Balaban J connectivity index is 1.69. The van der Waals surface area contributed by atoms with Crippen LogP contribution in [-0.4, -0.2) is 34.7 Å². The lowest BCUT2D eigenvalue weighted by atomic mass is 10.2. The molecule has 0 radical (unpaired) electrons. The zero-order chi connectivity index (χ0) is 22.3. The quantitative estimate of drug-likeness (QED) is 0.436. The fourth-order valence-electron chi connectivity index (χ4n) is 2.34. The summed E-state index contributed by atoms with van der Waals surface area (Å²) >= 11 is 1.23. The third-order valence-electron chi connectivity index (χ3n) is 3.99. The van der Waals surface area contributed by atoms with Crippen LogP contribution in [-0.2, 0) is 9.59 Å². The molecule has 2 aromatic carbocycles. The molecule has 0 spiro atoms. The van der Waals surface area contributed by atoms with E-state index in [1.54, 1.807) is 26.0 Å². The predicted octanol–water partition coefficient (Wildman–Crippen LogP) is 4.13. The van der Waals surface area contributed by atoms with Gasteiger partial charge < -0.3 is 0 Å². The molecule has 0 aliphatic heterocycles. The van der Waals surface area contributed by atoms with Crippen molar-refractivity contribution in [3.63, 3.8) is 0 Å². The van der Waals surface area contributed by atoms with Gasteiger partial charge in [-0.2, -0.15) is 10.2 Å². The molecular weight excluding hydrogens is 408 g/mol. The number of thioether (sulfide) groups is 1. The maximum atomic E-state index is 12.1. The summed E-state index contributed by atoms with van der Waals surface area (Å²) in [6.45, 7) is 3.45. The lowest BCUT2D eigenvalue weighted by molar-refractivity contribution is -0.120. The van der Waals surface area contributed by atoms with E-state index in [2.05, 4.69) is 21.1 Å². The number of rotatable bonds is 10. The van der Waals surface area contributed by atoms with Gasteiger partial charge in [-0.1, -0.05) is 72.8 Å². The molecule has 0 saturated carbocycles. The van der Waals surface area contributed by atoms with E-state index in [1.165, 1.54) is 24.2 Å². The van der Waals surface area contributed by atoms with Crippen LogP contribution in [0.5, 0.6) is 0 Å². The normalized spacial score (nSPS) is 13.7. The maximum absolute atomic E-state index is 12.1. The van der Waals surface area contributed by atoms with E-state index in [1.807, 2.05) is 72.8 Å². The highest BCUT2D eigenvalue weighted by Crippen LogP contribution is 2.17. The lowest BCUT2D eigenvalue weighted by Gasteiger charge is -2.14. The van der Waals surface area contributed by atoms with Crippen molar-refractivity contribution in [3.05, 3.63) is 83.9 Å². The summed E-state index contributed by atoms with van der Waals surface area (Å²) in [5, 5.41) is 6.90. The Hall–Kier alpha value is -3.45. The Morgan fingerprint density at radius 1 is 0.742 bits per heavy atom. The number of carbonyl (C=O) groups excluding carboxylic acids is 2. The molecule has 0 heterocycles. The fraction of sp³-hybridized carbons (Fsp3) is 0.167. The summed E-state index contributed by atoms with van der Waals surface area (Å²) in [6.07, 6.45) is 10.3. The molecule has 2 rings (SSSR count). The van der Waals surface area contributed by atoms with E-state index in [4.69, 9.17) is 0 Å². The number of nitrogens with one attached hydrogen (secondary N) is 2. The minimum Gasteiger partial charge on any atom is -0.272 e. The molecule has 2 atom stereocenters. The third kappa shape index (κ3) is 9.73. The highest BCUT2D eigenvalue weighted by molar-refractivity contribution is 8.01. The minimum atomic E-state index is -0.446. The highest BCUT2D eigenvalue weighted by atomic mass is 32.2.